The predicted molar refractivity (Wildman–Crippen MR) is 96.6 cm³/mol. The van der Waals surface area contributed by atoms with Crippen LogP contribution in [-0.2, 0) is 16.1 Å². The van der Waals surface area contributed by atoms with E-state index in [4.69, 9.17) is 4.74 Å². The minimum absolute atomic E-state index is 0.101. The van der Waals surface area contributed by atoms with Gasteiger partial charge in [0.25, 0.3) is 0 Å². The van der Waals surface area contributed by atoms with Gasteiger partial charge < -0.3 is 4.74 Å². The molecule has 0 radical (unpaired) electrons. The van der Waals surface area contributed by atoms with Crippen LogP contribution in [0.2, 0.25) is 0 Å². The van der Waals surface area contributed by atoms with Crippen molar-refractivity contribution in [2.24, 2.45) is 0 Å². The quantitative estimate of drug-likeness (QED) is 0.643. The van der Waals surface area contributed by atoms with Gasteiger partial charge in [0.05, 0.1) is 23.3 Å². The molecule has 124 valence electrons. The van der Waals surface area contributed by atoms with Crippen LogP contribution in [0.25, 0.3) is 16.7 Å². The number of aryl methyl sites for hydroxylation is 1. The third kappa shape index (κ3) is 2.89. The van der Waals surface area contributed by atoms with E-state index >= 15 is 0 Å². The SMILES string of the molecule is CCOC(=O)Cn1c(=O)n(-c2ccc(Br)cc2C)c2ccccc21. The number of hydrogen-bond acceptors (Lipinski definition) is 3. The average molecular weight is 389 g/mol. The molecular formula is C18H17BrN2O3. The van der Waals surface area contributed by atoms with Crippen LogP contribution in [-0.4, -0.2) is 21.7 Å². The number of aromatic nitrogens is 2. The Morgan fingerprint density at radius 1 is 1.17 bits per heavy atom. The van der Waals surface area contributed by atoms with Crippen molar-refractivity contribution in [3.63, 3.8) is 0 Å². The van der Waals surface area contributed by atoms with Crippen LogP contribution in [0.15, 0.2) is 51.7 Å². The van der Waals surface area contributed by atoms with Gasteiger partial charge in [-0.1, -0.05) is 28.1 Å². The molecule has 0 N–H and O–H groups in total. The van der Waals surface area contributed by atoms with E-state index in [0.717, 1.165) is 21.2 Å². The summed E-state index contributed by atoms with van der Waals surface area (Å²) in [6.45, 7) is 3.88. The Morgan fingerprint density at radius 3 is 2.54 bits per heavy atom. The highest BCUT2D eigenvalue weighted by atomic mass is 79.9. The zero-order chi connectivity index (χ0) is 17.3. The van der Waals surface area contributed by atoms with Crippen LogP contribution in [0, 0.1) is 6.92 Å². The summed E-state index contributed by atoms with van der Waals surface area (Å²) in [6, 6.07) is 13.2. The lowest BCUT2D eigenvalue weighted by molar-refractivity contribution is -0.143. The molecule has 0 aliphatic carbocycles. The summed E-state index contributed by atoms with van der Waals surface area (Å²) in [5.74, 6) is -0.421. The Morgan fingerprint density at radius 2 is 1.88 bits per heavy atom. The van der Waals surface area contributed by atoms with Crippen molar-refractivity contribution in [2.75, 3.05) is 6.61 Å². The van der Waals surface area contributed by atoms with Crippen molar-refractivity contribution in [1.82, 2.24) is 9.13 Å². The van der Waals surface area contributed by atoms with Gasteiger partial charge in [-0.3, -0.25) is 13.9 Å². The number of fused-ring (bicyclic) bond motifs is 1. The molecule has 0 amide bonds. The number of benzene rings is 2. The maximum Gasteiger partial charge on any atom is 0.334 e. The highest BCUT2D eigenvalue weighted by molar-refractivity contribution is 9.10. The van der Waals surface area contributed by atoms with Crippen LogP contribution in [0.1, 0.15) is 12.5 Å². The molecule has 0 aliphatic heterocycles. The molecule has 1 heterocycles. The van der Waals surface area contributed by atoms with Crippen molar-refractivity contribution in [1.29, 1.82) is 0 Å². The summed E-state index contributed by atoms with van der Waals surface area (Å²) in [4.78, 5) is 24.8. The Labute approximate surface area is 147 Å². The van der Waals surface area contributed by atoms with E-state index in [0.29, 0.717) is 5.52 Å². The fourth-order valence-corrected chi connectivity index (χ4v) is 3.27. The molecule has 1 aromatic heterocycles. The molecular weight excluding hydrogens is 372 g/mol. The molecule has 24 heavy (non-hydrogen) atoms. The lowest BCUT2D eigenvalue weighted by Crippen LogP contribution is -2.27. The lowest BCUT2D eigenvalue weighted by Gasteiger charge is -2.07. The second-order valence-corrected chi connectivity index (χ2v) is 6.34. The summed E-state index contributed by atoms with van der Waals surface area (Å²) in [5, 5.41) is 0. The van der Waals surface area contributed by atoms with Crippen molar-refractivity contribution < 1.29 is 9.53 Å². The number of nitrogens with zero attached hydrogens (tertiary/aromatic N) is 2. The molecule has 0 spiro atoms. The van der Waals surface area contributed by atoms with Crippen molar-refractivity contribution in [3.05, 3.63) is 63.0 Å². The standard InChI is InChI=1S/C18H17BrN2O3/c1-3-24-17(22)11-20-15-6-4-5-7-16(15)21(18(20)23)14-9-8-13(19)10-12(14)2/h4-10H,3,11H2,1-2H3. The summed E-state index contributed by atoms with van der Waals surface area (Å²) < 4.78 is 9.03. The van der Waals surface area contributed by atoms with Gasteiger partial charge in [-0.15, -0.1) is 0 Å². The second kappa shape index (κ2) is 6.65. The van der Waals surface area contributed by atoms with Gasteiger partial charge in [-0.2, -0.15) is 0 Å². The molecule has 0 aliphatic rings. The Kier molecular flexibility index (Phi) is 4.57. The second-order valence-electron chi connectivity index (χ2n) is 5.43. The van der Waals surface area contributed by atoms with Gasteiger partial charge in [-0.25, -0.2) is 4.79 Å². The number of esters is 1. The fourth-order valence-electron chi connectivity index (χ4n) is 2.80. The van der Waals surface area contributed by atoms with Gasteiger partial charge in [-0.05, 0) is 49.7 Å². The molecule has 0 bridgehead atoms. The maximum atomic E-state index is 13.0. The molecule has 0 unspecified atom stereocenters. The van der Waals surface area contributed by atoms with Crippen LogP contribution in [0.3, 0.4) is 0 Å². The number of para-hydroxylation sites is 2. The van der Waals surface area contributed by atoms with E-state index in [2.05, 4.69) is 15.9 Å². The van der Waals surface area contributed by atoms with Gasteiger partial charge in [0.1, 0.15) is 6.54 Å². The zero-order valence-electron chi connectivity index (χ0n) is 13.5. The maximum absolute atomic E-state index is 13.0. The third-order valence-electron chi connectivity index (χ3n) is 3.83. The van der Waals surface area contributed by atoms with Crippen LogP contribution in [0.5, 0.6) is 0 Å². The number of carbonyl (C=O) groups is 1. The molecule has 0 atom stereocenters. The van der Waals surface area contributed by atoms with Gasteiger partial charge in [0.15, 0.2) is 0 Å². The molecule has 2 aromatic carbocycles. The number of imidazole rings is 1. The Bertz CT molecular complexity index is 972. The van der Waals surface area contributed by atoms with Gasteiger partial charge >= 0.3 is 11.7 Å². The van der Waals surface area contributed by atoms with Crippen LogP contribution >= 0.6 is 15.9 Å². The summed E-state index contributed by atoms with van der Waals surface area (Å²) in [5.41, 5.74) is 2.97. The van der Waals surface area contributed by atoms with Gasteiger partial charge in [0, 0.05) is 4.47 Å². The van der Waals surface area contributed by atoms with Crippen molar-refractivity contribution in [3.8, 4) is 5.69 Å². The first kappa shape index (κ1) is 16.5. The van der Waals surface area contributed by atoms with E-state index in [9.17, 15) is 9.59 Å². The summed E-state index contributed by atoms with van der Waals surface area (Å²) in [6.07, 6.45) is 0. The normalized spacial score (nSPS) is 11.0. The molecule has 3 rings (SSSR count). The van der Waals surface area contributed by atoms with E-state index in [1.54, 1.807) is 11.5 Å². The molecule has 6 heteroatoms. The zero-order valence-corrected chi connectivity index (χ0v) is 15.0. The summed E-state index contributed by atoms with van der Waals surface area (Å²) >= 11 is 3.44. The number of halogens is 1. The highest BCUT2D eigenvalue weighted by Gasteiger charge is 2.17. The number of carbonyl (C=O) groups excluding carboxylic acids is 1. The highest BCUT2D eigenvalue weighted by Crippen LogP contribution is 2.23. The predicted octanol–water partition coefficient (Wildman–Crippen LogP) is 3.43. The lowest BCUT2D eigenvalue weighted by atomic mass is 10.2. The molecule has 0 fully saturated rings. The smallest absolute Gasteiger partial charge is 0.334 e. The van der Waals surface area contributed by atoms with Crippen molar-refractivity contribution >= 4 is 32.9 Å². The van der Waals surface area contributed by atoms with Crippen LogP contribution < -0.4 is 5.69 Å². The van der Waals surface area contributed by atoms with Crippen molar-refractivity contribution in [2.45, 2.75) is 20.4 Å². The molecule has 0 saturated carbocycles. The number of hydrogen-bond donors (Lipinski definition) is 0. The molecule has 0 saturated heterocycles. The minimum Gasteiger partial charge on any atom is -0.465 e. The minimum atomic E-state index is -0.421. The largest absolute Gasteiger partial charge is 0.465 e. The Hall–Kier alpha value is -2.34. The Balaban J connectivity index is 2.24. The third-order valence-corrected chi connectivity index (χ3v) is 4.32. The average Bonchev–Trinajstić information content (AvgIpc) is 2.81. The fraction of sp³-hybridized carbons (Fsp3) is 0.222. The first-order valence-corrected chi connectivity index (χ1v) is 8.44. The monoisotopic (exact) mass is 388 g/mol. The molecule has 5 nitrogen and oxygen atoms in total. The first-order valence-electron chi connectivity index (χ1n) is 7.65. The summed E-state index contributed by atoms with van der Waals surface area (Å²) in [7, 11) is 0. The van der Waals surface area contributed by atoms with Crippen LogP contribution in [0.4, 0.5) is 0 Å². The van der Waals surface area contributed by atoms with Gasteiger partial charge in [0.2, 0.25) is 0 Å². The van der Waals surface area contributed by atoms with E-state index in [1.807, 2.05) is 49.4 Å². The molecule has 3 aromatic rings. The van der Waals surface area contributed by atoms with E-state index < -0.39 is 5.97 Å². The van der Waals surface area contributed by atoms with E-state index in [1.165, 1.54) is 4.57 Å². The topological polar surface area (TPSA) is 53.2 Å². The van der Waals surface area contributed by atoms with E-state index in [-0.39, 0.29) is 18.8 Å². The number of ether oxygens (including phenoxy) is 1. The number of rotatable bonds is 4. The first-order chi connectivity index (χ1) is 11.5.